The highest BCUT2D eigenvalue weighted by molar-refractivity contribution is 9.09. The lowest BCUT2D eigenvalue weighted by Crippen LogP contribution is -2.45. The number of piperidine rings is 1. The van der Waals surface area contributed by atoms with E-state index in [1.807, 2.05) is 0 Å². The Hall–Kier alpha value is 0.390. The molecule has 2 atom stereocenters. The van der Waals surface area contributed by atoms with Crippen LogP contribution >= 0.6 is 15.9 Å². The molecule has 3 nitrogen and oxygen atoms in total. The van der Waals surface area contributed by atoms with Gasteiger partial charge in [0.15, 0.2) is 0 Å². The van der Waals surface area contributed by atoms with Gasteiger partial charge in [-0.25, -0.2) is 12.7 Å². The summed E-state index contributed by atoms with van der Waals surface area (Å²) in [6, 6.07) is 0. The van der Waals surface area contributed by atoms with Gasteiger partial charge in [0.05, 0.1) is 5.75 Å². The maximum absolute atomic E-state index is 12.4. The van der Waals surface area contributed by atoms with Gasteiger partial charge in [-0.1, -0.05) is 42.1 Å². The standard InChI is InChI=1S/C13H24BrNO2S/c1-11-7-8-15(9-13(11)14)18(16,17)10-12-5-3-2-4-6-12/h11-13H,2-10H2,1H3. The van der Waals surface area contributed by atoms with E-state index in [9.17, 15) is 8.42 Å². The molecule has 18 heavy (non-hydrogen) atoms. The molecule has 2 rings (SSSR count). The Balaban J connectivity index is 1.93. The van der Waals surface area contributed by atoms with E-state index in [2.05, 4.69) is 22.9 Å². The van der Waals surface area contributed by atoms with Crippen LogP contribution in [0.4, 0.5) is 0 Å². The fourth-order valence-electron chi connectivity index (χ4n) is 3.00. The van der Waals surface area contributed by atoms with Gasteiger partial charge in [0.25, 0.3) is 0 Å². The normalized spacial score (nSPS) is 32.6. The predicted octanol–water partition coefficient (Wildman–Crippen LogP) is 3.00. The summed E-state index contributed by atoms with van der Waals surface area (Å²) in [6.45, 7) is 3.54. The van der Waals surface area contributed by atoms with E-state index < -0.39 is 10.0 Å². The second-order valence-corrected chi connectivity index (χ2v) is 9.11. The molecule has 0 bridgehead atoms. The number of sulfonamides is 1. The average Bonchev–Trinajstić information content (AvgIpc) is 2.33. The lowest BCUT2D eigenvalue weighted by Gasteiger charge is -2.34. The highest BCUT2D eigenvalue weighted by Gasteiger charge is 2.33. The lowest BCUT2D eigenvalue weighted by atomic mass is 9.91. The van der Waals surface area contributed by atoms with Gasteiger partial charge in [-0.05, 0) is 31.1 Å². The zero-order chi connectivity index (χ0) is 13.2. The Kier molecular flexibility index (Phi) is 5.12. The van der Waals surface area contributed by atoms with Crippen LogP contribution in [0.1, 0.15) is 45.4 Å². The first-order valence-electron chi connectivity index (χ1n) is 7.11. The van der Waals surface area contributed by atoms with Gasteiger partial charge in [-0.3, -0.25) is 0 Å². The third kappa shape index (κ3) is 3.70. The van der Waals surface area contributed by atoms with E-state index in [0.717, 1.165) is 19.3 Å². The Labute approximate surface area is 119 Å². The van der Waals surface area contributed by atoms with Crippen LogP contribution in [0.2, 0.25) is 0 Å². The molecule has 0 radical (unpaired) electrons. The van der Waals surface area contributed by atoms with Crippen molar-refractivity contribution in [1.82, 2.24) is 4.31 Å². The lowest BCUT2D eigenvalue weighted by molar-refractivity contribution is 0.294. The molecule has 0 aromatic heterocycles. The Morgan fingerprint density at radius 2 is 1.83 bits per heavy atom. The molecule has 2 aliphatic rings. The zero-order valence-electron chi connectivity index (χ0n) is 11.1. The van der Waals surface area contributed by atoms with E-state index in [0.29, 0.717) is 35.5 Å². The minimum atomic E-state index is -3.04. The van der Waals surface area contributed by atoms with Crippen molar-refractivity contribution in [2.24, 2.45) is 11.8 Å². The van der Waals surface area contributed by atoms with Crippen LogP contribution < -0.4 is 0 Å². The first-order chi connectivity index (χ1) is 8.49. The van der Waals surface area contributed by atoms with E-state index in [4.69, 9.17) is 0 Å². The molecule has 106 valence electrons. The quantitative estimate of drug-likeness (QED) is 0.742. The monoisotopic (exact) mass is 337 g/mol. The number of alkyl halides is 1. The third-order valence-corrected chi connectivity index (χ3v) is 7.60. The summed E-state index contributed by atoms with van der Waals surface area (Å²) in [4.78, 5) is 0.312. The number of rotatable bonds is 3. The summed E-state index contributed by atoms with van der Waals surface area (Å²) in [5.41, 5.74) is 0. The molecule has 0 N–H and O–H groups in total. The first kappa shape index (κ1) is 14.8. The highest BCUT2D eigenvalue weighted by Crippen LogP contribution is 2.29. The van der Waals surface area contributed by atoms with Crippen molar-refractivity contribution in [2.75, 3.05) is 18.8 Å². The molecule has 2 fully saturated rings. The van der Waals surface area contributed by atoms with Crippen molar-refractivity contribution in [2.45, 2.75) is 50.3 Å². The largest absolute Gasteiger partial charge is 0.214 e. The Bertz CT molecular complexity index is 365. The van der Waals surface area contributed by atoms with E-state index >= 15 is 0 Å². The van der Waals surface area contributed by atoms with E-state index in [1.54, 1.807) is 4.31 Å². The molecule has 1 saturated heterocycles. The van der Waals surface area contributed by atoms with Gasteiger partial charge in [0.2, 0.25) is 10.0 Å². The topological polar surface area (TPSA) is 37.4 Å². The fourth-order valence-corrected chi connectivity index (χ4v) is 5.72. The van der Waals surface area contributed by atoms with Crippen LogP contribution in [0.5, 0.6) is 0 Å². The molecule has 1 saturated carbocycles. The molecule has 5 heteroatoms. The first-order valence-corrected chi connectivity index (χ1v) is 9.63. The maximum Gasteiger partial charge on any atom is 0.214 e. The molecule has 1 heterocycles. The molecular formula is C13H24BrNO2S. The van der Waals surface area contributed by atoms with Crippen LogP contribution in [0.15, 0.2) is 0 Å². The van der Waals surface area contributed by atoms with Gasteiger partial charge in [-0.2, -0.15) is 0 Å². The number of halogens is 1. The molecule has 0 amide bonds. The molecule has 1 aliphatic carbocycles. The molecule has 1 aliphatic heterocycles. The zero-order valence-corrected chi connectivity index (χ0v) is 13.5. The number of nitrogens with zero attached hydrogens (tertiary/aromatic N) is 1. The Morgan fingerprint density at radius 3 is 2.44 bits per heavy atom. The van der Waals surface area contributed by atoms with Crippen molar-refractivity contribution in [1.29, 1.82) is 0 Å². The van der Waals surface area contributed by atoms with Gasteiger partial charge in [-0.15, -0.1) is 0 Å². The SMILES string of the molecule is CC1CCN(S(=O)(=O)CC2CCCCC2)CC1Br. The van der Waals surface area contributed by atoms with Crippen molar-refractivity contribution in [3.8, 4) is 0 Å². The summed E-state index contributed by atoms with van der Waals surface area (Å²) < 4.78 is 26.5. The van der Waals surface area contributed by atoms with Crippen LogP contribution in [0.3, 0.4) is 0 Å². The van der Waals surface area contributed by atoms with Crippen molar-refractivity contribution in [3.63, 3.8) is 0 Å². The van der Waals surface area contributed by atoms with E-state index in [-0.39, 0.29) is 0 Å². The van der Waals surface area contributed by atoms with Crippen LogP contribution in [-0.4, -0.2) is 36.4 Å². The summed E-state index contributed by atoms with van der Waals surface area (Å²) in [7, 11) is -3.04. The summed E-state index contributed by atoms with van der Waals surface area (Å²) >= 11 is 3.61. The van der Waals surface area contributed by atoms with Crippen LogP contribution in [-0.2, 0) is 10.0 Å². The second kappa shape index (κ2) is 6.23. The fraction of sp³-hybridized carbons (Fsp3) is 1.00. The van der Waals surface area contributed by atoms with Gasteiger partial charge in [0, 0.05) is 17.9 Å². The molecule has 0 aromatic carbocycles. The summed E-state index contributed by atoms with van der Waals surface area (Å²) in [5.74, 6) is 1.35. The average molecular weight is 338 g/mol. The van der Waals surface area contributed by atoms with E-state index in [1.165, 1.54) is 19.3 Å². The molecule has 0 spiro atoms. The number of hydrogen-bond acceptors (Lipinski definition) is 2. The summed E-state index contributed by atoms with van der Waals surface area (Å²) in [5, 5.41) is 0. The minimum Gasteiger partial charge on any atom is -0.212 e. The van der Waals surface area contributed by atoms with Crippen LogP contribution in [0.25, 0.3) is 0 Å². The number of hydrogen-bond donors (Lipinski definition) is 0. The van der Waals surface area contributed by atoms with Gasteiger partial charge in [0.1, 0.15) is 0 Å². The van der Waals surface area contributed by atoms with Crippen LogP contribution in [0, 0.1) is 11.8 Å². The maximum atomic E-state index is 12.4. The summed E-state index contributed by atoms with van der Waals surface area (Å²) in [6.07, 6.45) is 6.86. The van der Waals surface area contributed by atoms with Gasteiger partial charge >= 0.3 is 0 Å². The van der Waals surface area contributed by atoms with Crippen molar-refractivity contribution < 1.29 is 8.42 Å². The molecule has 0 aromatic rings. The third-order valence-electron chi connectivity index (χ3n) is 4.39. The highest BCUT2D eigenvalue weighted by atomic mass is 79.9. The van der Waals surface area contributed by atoms with Gasteiger partial charge < -0.3 is 0 Å². The second-order valence-electron chi connectivity index (χ2n) is 5.92. The Morgan fingerprint density at radius 1 is 1.17 bits per heavy atom. The predicted molar refractivity (Wildman–Crippen MR) is 78.4 cm³/mol. The molecular weight excluding hydrogens is 314 g/mol. The van der Waals surface area contributed by atoms with Crippen molar-refractivity contribution >= 4 is 26.0 Å². The molecule has 2 unspecified atom stereocenters. The smallest absolute Gasteiger partial charge is 0.212 e. The van der Waals surface area contributed by atoms with Crippen molar-refractivity contribution in [3.05, 3.63) is 0 Å². The minimum absolute atomic E-state index is 0.312.